The van der Waals surface area contributed by atoms with Gasteiger partial charge in [0.15, 0.2) is 5.16 Å². The predicted molar refractivity (Wildman–Crippen MR) is 93.5 cm³/mol. The maximum absolute atomic E-state index is 12.3. The topological polar surface area (TPSA) is 60.2 Å². The number of nitrogens with zero attached hydrogens (tertiary/aromatic N) is 4. The van der Waals surface area contributed by atoms with Gasteiger partial charge in [0.2, 0.25) is 5.91 Å². The van der Waals surface area contributed by atoms with E-state index in [-0.39, 0.29) is 5.91 Å². The van der Waals surface area contributed by atoms with E-state index in [2.05, 4.69) is 32.3 Å². The van der Waals surface area contributed by atoms with E-state index < -0.39 is 0 Å². The van der Waals surface area contributed by atoms with Crippen molar-refractivity contribution in [3.63, 3.8) is 0 Å². The highest BCUT2D eigenvalue weighted by molar-refractivity contribution is 7.99. The number of rotatable bonds is 6. The second kappa shape index (κ2) is 7.25. The Kier molecular flexibility index (Phi) is 4.86. The summed E-state index contributed by atoms with van der Waals surface area (Å²) in [4.78, 5) is 15.5. The summed E-state index contributed by atoms with van der Waals surface area (Å²) in [5.74, 6) is 1.60. The molecule has 0 aromatic carbocycles. The Balaban J connectivity index is 1.43. The summed E-state index contributed by atoms with van der Waals surface area (Å²) >= 11 is 3.26. The standard InChI is InChI=1S/C16H20N4O2S2/c21-15(19-5-7-22-8-6-19)11-24-16-18-17-14(20(16)12-3-4-12)10-13-2-1-9-23-13/h1-2,9,12H,3-8,10-11H2. The Labute approximate surface area is 149 Å². The zero-order valence-corrected chi connectivity index (χ0v) is 15.0. The van der Waals surface area contributed by atoms with Crippen LogP contribution in [0.2, 0.25) is 0 Å². The van der Waals surface area contributed by atoms with Gasteiger partial charge in [0.1, 0.15) is 5.82 Å². The molecule has 0 radical (unpaired) electrons. The zero-order chi connectivity index (χ0) is 16.4. The molecule has 0 N–H and O–H groups in total. The average molecular weight is 364 g/mol. The number of hydrogen-bond donors (Lipinski definition) is 0. The molecule has 0 atom stereocenters. The van der Waals surface area contributed by atoms with Gasteiger partial charge in [-0.15, -0.1) is 21.5 Å². The Morgan fingerprint density at radius 3 is 2.88 bits per heavy atom. The lowest BCUT2D eigenvalue weighted by atomic mass is 10.3. The number of morpholine rings is 1. The van der Waals surface area contributed by atoms with Crippen molar-refractivity contribution in [3.8, 4) is 0 Å². The average Bonchev–Trinajstić information content (AvgIpc) is 3.17. The minimum Gasteiger partial charge on any atom is -0.378 e. The molecule has 3 heterocycles. The minimum absolute atomic E-state index is 0.161. The van der Waals surface area contributed by atoms with E-state index in [9.17, 15) is 4.79 Å². The molecule has 128 valence electrons. The van der Waals surface area contributed by atoms with Crippen LogP contribution in [0.25, 0.3) is 0 Å². The van der Waals surface area contributed by atoms with Gasteiger partial charge in [-0.3, -0.25) is 4.79 Å². The second-order valence-corrected chi connectivity index (χ2v) is 8.01. The lowest BCUT2D eigenvalue weighted by molar-refractivity contribution is -0.132. The first kappa shape index (κ1) is 16.1. The fourth-order valence-corrected chi connectivity index (χ4v) is 4.45. The van der Waals surface area contributed by atoms with Crippen molar-refractivity contribution >= 4 is 29.0 Å². The van der Waals surface area contributed by atoms with Gasteiger partial charge in [0, 0.05) is 30.4 Å². The van der Waals surface area contributed by atoms with Crippen LogP contribution in [0.3, 0.4) is 0 Å². The number of thioether (sulfide) groups is 1. The quantitative estimate of drug-likeness (QED) is 0.736. The summed E-state index contributed by atoms with van der Waals surface area (Å²) < 4.78 is 7.55. The molecule has 2 aromatic heterocycles. The van der Waals surface area contributed by atoms with Crippen molar-refractivity contribution in [3.05, 3.63) is 28.2 Å². The van der Waals surface area contributed by atoms with E-state index in [4.69, 9.17) is 4.74 Å². The Morgan fingerprint density at radius 2 is 2.17 bits per heavy atom. The fraction of sp³-hybridized carbons (Fsp3) is 0.562. The Bertz CT molecular complexity index is 691. The summed E-state index contributed by atoms with van der Waals surface area (Å²) in [5.41, 5.74) is 0. The van der Waals surface area contributed by atoms with Crippen LogP contribution < -0.4 is 0 Å². The third kappa shape index (κ3) is 3.65. The number of aromatic nitrogens is 3. The highest BCUT2D eigenvalue weighted by Crippen LogP contribution is 2.39. The van der Waals surface area contributed by atoms with Gasteiger partial charge in [0.05, 0.1) is 19.0 Å². The largest absolute Gasteiger partial charge is 0.378 e. The molecule has 2 aliphatic rings. The van der Waals surface area contributed by atoms with Crippen molar-refractivity contribution in [1.82, 2.24) is 19.7 Å². The van der Waals surface area contributed by atoms with Gasteiger partial charge in [0.25, 0.3) is 0 Å². The van der Waals surface area contributed by atoms with Crippen LogP contribution in [0.4, 0.5) is 0 Å². The first-order valence-electron chi connectivity index (χ1n) is 8.26. The first-order valence-corrected chi connectivity index (χ1v) is 10.1. The Hall–Kier alpha value is -1.38. The fourth-order valence-electron chi connectivity index (χ4n) is 2.83. The molecule has 2 aromatic rings. The van der Waals surface area contributed by atoms with Gasteiger partial charge in [-0.05, 0) is 24.3 Å². The summed E-state index contributed by atoms with van der Waals surface area (Å²) in [6, 6.07) is 4.70. The van der Waals surface area contributed by atoms with Gasteiger partial charge in [-0.2, -0.15) is 0 Å². The molecular formula is C16H20N4O2S2. The molecule has 2 fully saturated rings. The number of carbonyl (C=O) groups excluding carboxylic acids is 1. The normalized spacial score (nSPS) is 18.1. The van der Waals surface area contributed by atoms with Gasteiger partial charge < -0.3 is 14.2 Å². The molecule has 4 rings (SSSR count). The molecule has 1 amide bonds. The van der Waals surface area contributed by atoms with Crippen LogP contribution in [0.1, 0.15) is 29.6 Å². The van der Waals surface area contributed by atoms with Gasteiger partial charge in [-0.1, -0.05) is 17.8 Å². The second-order valence-electron chi connectivity index (χ2n) is 6.04. The molecule has 1 aliphatic carbocycles. The number of hydrogen-bond acceptors (Lipinski definition) is 6. The molecule has 1 aliphatic heterocycles. The van der Waals surface area contributed by atoms with Crippen LogP contribution in [0.15, 0.2) is 22.7 Å². The van der Waals surface area contributed by atoms with E-state index in [1.807, 2.05) is 4.90 Å². The molecule has 1 saturated heterocycles. The van der Waals surface area contributed by atoms with E-state index in [0.717, 1.165) is 17.4 Å². The van der Waals surface area contributed by atoms with E-state index in [1.165, 1.54) is 29.5 Å². The van der Waals surface area contributed by atoms with Crippen molar-refractivity contribution in [2.45, 2.75) is 30.5 Å². The number of thiophene rings is 1. The van der Waals surface area contributed by atoms with Crippen molar-refractivity contribution in [2.75, 3.05) is 32.1 Å². The van der Waals surface area contributed by atoms with Gasteiger partial charge in [-0.25, -0.2) is 0 Å². The summed E-state index contributed by atoms with van der Waals surface area (Å²) in [6.45, 7) is 2.66. The van der Waals surface area contributed by atoms with Crippen LogP contribution in [-0.4, -0.2) is 57.6 Å². The SMILES string of the molecule is O=C(CSc1nnc(Cc2cccs2)n1C1CC1)N1CCOCC1. The molecule has 0 spiro atoms. The number of ether oxygens (including phenoxy) is 1. The first-order chi connectivity index (χ1) is 11.8. The molecule has 8 heteroatoms. The summed E-state index contributed by atoms with van der Waals surface area (Å²) in [5, 5.41) is 11.7. The van der Waals surface area contributed by atoms with Crippen LogP contribution in [0, 0.1) is 0 Å². The molecule has 6 nitrogen and oxygen atoms in total. The van der Waals surface area contributed by atoms with Crippen LogP contribution in [-0.2, 0) is 16.0 Å². The van der Waals surface area contributed by atoms with Crippen LogP contribution in [0.5, 0.6) is 0 Å². The highest BCUT2D eigenvalue weighted by Gasteiger charge is 2.30. The van der Waals surface area contributed by atoms with E-state index >= 15 is 0 Å². The number of carbonyl (C=O) groups is 1. The lowest BCUT2D eigenvalue weighted by Crippen LogP contribution is -2.41. The predicted octanol–water partition coefficient (Wildman–Crippen LogP) is 2.22. The molecule has 0 bridgehead atoms. The molecule has 0 unspecified atom stereocenters. The lowest BCUT2D eigenvalue weighted by Gasteiger charge is -2.26. The maximum Gasteiger partial charge on any atom is 0.233 e. The van der Waals surface area contributed by atoms with Crippen molar-refractivity contribution < 1.29 is 9.53 Å². The smallest absolute Gasteiger partial charge is 0.233 e. The number of amides is 1. The third-order valence-electron chi connectivity index (χ3n) is 4.25. The van der Waals surface area contributed by atoms with Crippen LogP contribution >= 0.6 is 23.1 Å². The Morgan fingerprint density at radius 1 is 1.33 bits per heavy atom. The third-order valence-corrected chi connectivity index (χ3v) is 6.05. The molecule has 24 heavy (non-hydrogen) atoms. The van der Waals surface area contributed by atoms with Gasteiger partial charge >= 0.3 is 0 Å². The minimum atomic E-state index is 0.161. The monoisotopic (exact) mass is 364 g/mol. The zero-order valence-electron chi connectivity index (χ0n) is 13.4. The summed E-state index contributed by atoms with van der Waals surface area (Å²) in [7, 11) is 0. The maximum atomic E-state index is 12.3. The van der Waals surface area contributed by atoms with E-state index in [1.54, 1.807) is 11.3 Å². The molecule has 1 saturated carbocycles. The van der Waals surface area contributed by atoms with Crippen molar-refractivity contribution in [2.24, 2.45) is 0 Å². The highest BCUT2D eigenvalue weighted by atomic mass is 32.2. The van der Waals surface area contributed by atoms with E-state index in [0.29, 0.717) is 38.1 Å². The molecular weight excluding hydrogens is 344 g/mol. The summed E-state index contributed by atoms with van der Waals surface area (Å²) in [6.07, 6.45) is 3.18. The van der Waals surface area contributed by atoms with Crippen molar-refractivity contribution in [1.29, 1.82) is 0 Å².